The first-order chi connectivity index (χ1) is 16.9. The molecule has 0 aromatic heterocycles. The first kappa shape index (κ1) is 24.0. The molecule has 0 aliphatic heterocycles. The van der Waals surface area contributed by atoms with Gasteiger partial charge in [-0.25, -0.2) is 4.79 Å². The number of fused-ring (bicyclic) bond motifs is 3. The zero-order chi connectivity index (χ0) is 24.8. The minimum absolute atomic E-state index is 0.0965. The number of carbonyl (C=O) groups excluding carboxylic acids is 2. The lowest BCUT2D eigenvalue weighted by Crippen LogP contribution is -2.44. The Hall–Kier alpha value is -4.13. The second-order valence-corrected chi connectivity index (χ2v) is 8.66. The van der Waals surface area contributed by atoms with Crippen molar-refractivity contribution in [2.75, 3.05) is 11.9 Å². The van der Waals surface area contributed by atoms with Gasteiger partial charge in [-0.1, -0.05) is 66.2 Å². The predicted octanol–water partition coefficient (Wildman–Crippen LogP) is 5.10. The highest BCUT2D eigenvalue weighted by atomic mass is 16.5. The fourth-order valence-corrected chi connectivity index (χ4v) is 4.37. The average molecular weight is 473 g/mol. The quantitative estimate of drug-likeness (QED) is 0.402. The fraction of sp³-hybridized carbons (Fsp3) is 0.250. The molecule has 0 radical (unpaired) electrons. The molecular weight excluding hydrogens is 444 g/mol. The van der Waals surface area contributed by atoms with Crippen molar-refractivity contribution in [2.24, 2.45) is 0 Å². The number of carboxylic acid groups (broad SMARTS) is 1. The lowest BCUT2D eigenvalue weighted by Gasteiger charge is -2.20. The van der Waals surface area contributed by atoms with Crippen LogP contribution in [0.1, 0.15) is 41.9 Å². The first-order valence-corrected chi connectivity index (χ1v) is 11.6. The van der Waals surface area contributed by atoms with Crippen LogP contribution in [0.4, 0.5) is 10.5 Å². The van der Waals surface area contributed by atoms with Gasteiger partial charge in [0.25, 0.3) is 0 Å². The van der Waals surface area contributed by atoms with E-state index in [1.807, 2.05) is 55.5 Å². The number of hydrogen-bond donors (Lipinski definition) is 3. The van der Waals surface area contributed by atoms with Crippen LogP contribution in [-0.4, -0.2) is 35.7 Å². The molecule has 2 amide bonds. The molecule has 3 aromatic carbocycles. The maximum absolute atomic E-state index is 12.9. The number of aryl methyl sites for hydroxylation is 1. The van der Waals surface area contributed by atoms with Gasteiger partial charge in [-0.3, -0.25) is 9.59 Å². The number of amides is 2. The molecule has 180 valence electrons. The minimum atomic E-state index is -0.955. The van der Waals surface area contributed by atoms with Gasteiger partial charge in [-0.15, -0.1) is 0 Å². The number of alkyl carbamates (subject to hydrolysis) is 1. The lowest BCUT2D eigenvalue weighted by molar-refractivity contribution is -0.137. The molecule has 0 saturated carbocycles. The van der Waals surface area contributed by atoms with Gasteiger partial charge < -0.3 is 20.5 Å². The van der Waals surface area contributed by atoms with E-state index in [0.717, 1.165) is 27.8 Å². The summed E-state index contributed by atoms with van der Waals surface area (Å²) in [5.41, 5.74) is 6.09. The highest BCUT2D eigenvalue weighted by Crippen LogP contribution is 2.44. The Balaban J connectivity index is 1.41. The van der Waals surface area contributed by atoms with E-state index in [0.29, 0.717) is 5.69 Å². The topological polar surface area (TPSA) is 105 Å². The van der Waals surface area contributed by atoms with Crippen LogP contribution in [0, 0.1) is 6.92 Å². The summed E-state index contributed by atoms with van der Waals surface area (Å²) in [6, 6.07) is 22.4. The number of nitrogens with one attached hydrogen (secondary N) is 2. The largest absolute Gasteiger partial charge is 0.481 e. The highest BCUT2D eigenvalue weighted by molar-refractivity contribution is 5.96. The van der Waals surface area contributed by atoms with Crippen molar-refractivity contribution in [2.45, 2.75) is 38.1 Å². The van der Waals surface area contributed by atoms with Crippen LogP contribution in [0.2, 0.25) is 0 Å². The van der Waals surface area contributed by atoms with Crippen LogP contribution in [0.3, 0.4) is 0 Å². The number of benzene rings is 3. The van der Waals surface area contributed by atoms with Crippen molar-refractivity contribution in [1.29, 1.82) is 0 Å². The van der Waals surface area contributed by atoms with Crippen molar-refractivity contribution < 1.29 is 24.2 Å². The van der Waals surface area contributed by atoms with Crippen molar-refractivity contribution in [3.05, 3.63) is 89.5 Å². The number of hydrogen-bond acceptors (Lipinski definition) is 4. The molecule has 0 spiro atoms. The smallest absolute Gasteiger partial charge is 0.407 e. The Bertz CT molecular complexity index is 1180. The van der Waals surface area contributed by atoms with E-state index >= 15 is 0 Å². The average Bonchev–Trinajstić information content (AvgIpc) is 3.17. The van der Waals surface area contributed by atoms with E-state index in [4.69, 9.17) is 9.84 Å². The molecule has 0 fully saturated rings. The van der Waals surface area contributed by atoms with Crippen LogP contribution >= 0.6 is 0 Å². The monoisotopic (exact) mass is 472 g/mol. The normalized spacial score (nSPS) is 12.8. The third kappa shape index (κ3) is 5.87. The van der Waals surface area contributed by atoms with Crippen LogP contribution in [0.15, 0.2) is 72.8 Å². The van der Waals surface area contributed by atoms with Crippen LogP contribution in [-0.2, 0) is 14.3 Å². The number of rotatable bonds is 9. The van der Waals surface area contributed by atoms with Crippen molar-refractivity contribution >= 4 is 23.7 Å². The molecule has 4 rings (SSSR count). The molecule has 3 aromatic rings. The zero-order valence-corrected chi connectivity index (χ0v) is 19.5. The Morgan fingerprint density at radius 3 is 2.11 bits per heavy atom. The molecule has 7 heteroatoms. The lowest BCUT2D eigenvalue weighted by atomic mass is 9.98. The summed E-state index contributed by atoms with van der Waals surface area (Å²) in [6.07, 6.45) is -0.397. The molecule has 0 unspecified atom stereocenters. The van der Waals surface area contributed by atoms with Crippen LogP contribution in [0.25, 0.3) is 11.1 Å². The number of aliphatic carboxylic acids is 1. The van der Waals surface area contributed by atoms with Gasteiger partial charge >= 0.3 is 12.1 Å². The van der Waals surface area contributed by atoms with E-state index in [9.17, 15) is 14.4 Å². The van der Waals surface area contributed by atoms with Gasteiger partial charge in [0, 0.05) is 18.0 Å². The molecule has 1 aliphatic rings. The second-order valence-electron chi connectivity index (χ2n) is 8.66. The summed E-state index contributed by atoms with van der Waals surface area (Å²) >= 11 is 0. The van der Waals surface area contributed by atoms with E-state index in [1.165, 1.54) is 0 Å². The van der Waals surface area contributed by atoms with E-state index < -0.39 is 24.0 Å². The maximum Gasteiger partial charge on any atom is 0.407 e. The third-order valence-corrected chi connectivity index (χ3v) is 6.15. The SMILES string of the molecule is Cc1ccc(NC(=O)[C@H](CCCC(=O)O)NC(=O)OCC2c3ccccc3-c3ccccc32)cc1. The summed E-state index contributed by atoms with van der Waals surface area (Å²) in [4.78, 5) is 36.5. The van der Waals surface area contributed by atoms with Gasteiger partial charge in [0.1, 0.15) is 12.6 Å². The molecule has 3 N–H and O–H groups in total. The predicted molar refractivity (Wildman–Crippen MR) is 133 cm³/mol. The molecule has 35 heavy (non-hydrogen) atoms. The molecule has 1 atom stereocenters. The Morgan fingerprint density at radius 2 is 1.51 bits per heavy atom. The molecule has 1 aliphatic carbocycles. The molecule has 0 heterocycles. The first-order valence-electron chi connectivity index (χ1n) is 11.6. The Kier molecular flexibility index (Phi) is 7.45. The van der Waals surface area contributed by atoms with E-state index in [-0.39, 0.29) is 31.8 Å². The van der Waals surface area contributed by atoms with E-state index in [2.05, 4.69) is 22.8 Å². The third-order valence-electron chi connectivity index (χ3n) is 6.15. The molecular formula is C28H28N2O5. The van der Waals surface area contributed by atoms with Crippen molar-refractivity contribution in [1.82, 2.24) is 5.32 Å². The summed E-state index contributed by atoms with van der Waals surface area (Å²) in [5, 5.41) is 14.4. The van der Waals surface area contributed by atoms with Gasteiger partial charge in [0.15, 0.2) is 0 Å². The zero-order valence-electron chi connectivity index (χ0n) is 19.5. The standard InChI is InChI=1S/C28H28N2O5/c1-18-13-15-19(16-14-18)29-27(33)25(11-6-12-26(31)32)30-28(34)35-17-24-22-9-4-2-7-20(22)21-8-3-5-10-23(21)24/h2-5,7-10,13-16,24-25H,6,11-12,17H2,1H3,(H,29,33)(H,30,34)(H,31,32)/t25-/m0/s1. The highest BCUT2D eigenvalue weighted by Gasteiger charge is 2.29. The number of ether oxygens (including phenoxy) is 1. The summed E-state index contributed by atoms with van der Waals surface area (Å²) in [5.74, 6) is -1.48. The van der Waals surface area contributed by atoms with Gasteiger partial charge in [-0.05, 0) is 54.2 Å². The van der Waals surface area contributed by atoms with E-state index in [1.54, 1.807) is 12.1 Å². The van der Waals surface area contributed by atoms with Crippen LogP contribution < -0.4 is 10.6 Å². The van der Waals surface area contributed by atoms with Gasteiger partial charge in [-0.2, -0.15) is 0 Å². The summed E-state index contributed by atoms with van der Waals surface area (Å²) in [7, 11) is 0. The summed E-state index contributed by atoms with van der Waals surface area (Å²) in [6.45, 7) is 2.07. The number of anilines is 1. The van der Waals surface area contributed by atoms with Gasteiger partial charge in [0.05, 0.1) is 0 Å². The second kappa shape index (κ2) is 10.9. The summed E-state index contributed by atoms with van der Waals surface area (Å²) < 4.78 is 5.57. The molecule has 0 bridgehead atoms. The maximum atomic E-state index is 12.9. The Morgan fingerprint density at radius 1 is 0.914 bits per heavy atom. The number of carboxylic acids is 1. The Labute approximate surface area is 204 Å². The van der Waals surface area contributed by atoms with Crippen LogP contribution in [0.5, 0.6) is 0 Å². The van der Waals surface area contributed by atoms with Crippen molar-refractivity contribution in [3.63, 3.8) is 0 Å². The van der Waals surface area contributed by atoms with Crippen molar-refractivity contribution in [3.8, 4) is 11.1 Å². The fourth-order valence-electron chi connectivity index (χ4n) is 4.37. The van der Waals surface area contributed by atoms with Gasteiger partial charge in [0.2, 0.25) is 5.91 Å². The molecule has 0 saturated heterocycles. The minimum Gasteiger partial charge on any atom is -0.481 e. The molecule has 7 nitrogen and oxygen atoms in total. The number of carbonyl (C=O) groups is 3.